The van der Waals surface area contributed by atoms with Gasteiger partial charge >= 0.3 is 0 Å². The van der Waals surface area contributed by atoms with Crippen LogP contribution < -0.4 is 10.5 Å². The van der Waals surface area contributed by atoms with Gasteiger partial charge in [0.1, 0.15) is 0 Å². The summed E-state index contributed by atoms with van der Waals surface area (Å²) in [5.74, 6) is -0.158. The molecule has 0 radical (unpaired) electrons. The number of thiophene rings is 1. The summed E-state index contributed by atoms with van der Waals surface area (Å²) in [4.78, 5) is 12.7. The highest BCUT2D eigenvalue weighted by Gasteiger charge is 2.06. The number of carbonyl (C=O) groups excluding carboxylic acids is 1. The first-order valence-corrected chi connectivity index (χ1v) is 8.99. The van der Waals surface area contributed by atoms with E-state index in [9.17, 15) is 13.2 Å². The van der Waals surface area contributed by atoms with Crippen LogP contribution in [0.3, 0.4) is 0 Å². The van der Waals surface area contributed by atoms with E-state index in [0.717, 1.165) is 10.4 Å². The van der Waals surface area contributed by atoms with E-state index in [1.807, 2.05) is 17.5 Å². The van der Waals surface area contributed by atoms with Gasteiger partial charge in [-0.05, 0) is 41.6 Å². The third-order valence-electron chi connectivity index (χ3n) is 2.91. The van der Waals surface area contributed by atoms with Crippen molar-refractivity contribution in [1.82, 2.24) is 5.32 Å². The van der Waals surface area contributed by atoms with Gasteiger partial charge in [0.05, 0.1) is 4.90 Å². The number of primary sulfonamides is 1. The maximum Gasteiger partial charge on any atom is 0.244 e. The molecule has 1 amide bonds. The molecule has 2 rings (SSSR count). The van der Waals surface area contributed by atoms with E-state index in [0.29, 0.717) is 13.0 Å². The molecule has 1 aromatic carbocycles. The van der Waals surface area contributed by atoms with Gasteiger partial charge in [-0.1, -0.05) is 18.2 Å². The van der Waals surface area contributed by atoms with Crippen molar-refractivity contribution in [2.24, 2.45) is 5.14 Å². The summed E-state index contributed by atoms with van der Waals surface area (Å²) in [7, 11) is -3.66. The van der Waals surface area contributed by atoms with Crippen LogP contribution in [0.4, 0.5) is 0 Å². The van der Waals surface area contributed by atoms with Crippen LogP contribution in [-0.4, -0.2) is 20.9 Å². The zero-order chi connectivity index (χ0) is 16.0. The van der Waals surface area contributed by atoms with Crippen molar-refractivity contribution in [3.63, 3.8) is 0 Å². The number of sulfonamides is 1. The minimum Gasteiger partial charge on any atom is -0.352 e. The molecular weight excluding hydrogens is 320 g/mol. The Balaban J connectivity index is 1.80. The normalized spacial score (nSPS) is 11.7. The summed E-state index contributed by atoms with van der Waals surface area (Å²) >= 11 is 1.56. The molecule has 5 nitrogen and oxygen atoms in total. The summed E-state index contributed by atoms with van der Waals surface area (Å²) < 4.78 is 22.3. The molecule has 0 aliphatic heterocycles. The molecule has 0 bridgehead atoms. The van der Waals surface area contributed by atoms with Crippen molar-refractivity contribution >= 4 is 33.3 Å². The summed E-state index contributed by atoms with van der Waals surface area (Å²) in [6, 6.07) is 10.2. The van der Waals surface area contributed by atoms with Gasteiger partial charge in [-0.25, -0.2) is 13.6 Å². The first-order chi connectivity index (χ1) is 10.4. The van der Waals surface area contributed by atoms with E-state index >= 15 is 0 Å². The minimum atomic E-state index is -3.66. The first kappa shape index (κ1) is 16.4. The Bertz CT molecular complexity index is 749. The van der Waals surface area contributed by atoms with Gasteiger partial charge in [0.2, 0.25) is 15.9 Å². The Morgan fingerprint density at radius 3 is 2.55 bits per heavy atom. The lowest BCUT2D eigenvalue weighted by Gasteiger charge is -2.04. The second kappa shape index (κ2) is 7.35. The molecule has 22 heavy (non-hydrogen) atoms. The zero-order valence-corrected chi connectivity index (χ0v) is 13.4. The van der Waals surface area contributed by atoms with Gasteiger partial charge in [-0.2, -0.15) is 0 Å². The molecule has 1 heterocycles. The second-order valence-electron chi connectivity index (χ2n) is 4.58. The quantitative estimate of drug-likeness (QED) is 0.788. The standard InChI is InChI=1S/C15H16N2O3S2/c16-22(19,20)14-6-3-12(4-7-14)9-10-17-15(18)8-5-13-2-1-11-21-13/h1-8,11H,9-10H2,(H,17,18)(H2,16,19,20). The lowest BCUT2D eigenvalue weighted by atomic mass is 10.1. The molecule has 116 valence electrons. The Labute approximate surface area is 133 Å². The Morgan fingerprint density at radius 1 is 1.23 bits per heavy atom. The number of rotatable bonds is 6. The number of amides is 1. The smallest absolute Gasteiger partial charge is 0.244 e. The number of benzene rings is 1. The van der Waals surface area contributed by atoms with Crippen LogP contribution in [0.5, 0.6) is 0 Å². The van der Waals surface area contributed by atoms with Crippen LogP contribution in [0.25, 0.3) is 6.08 Å². The SMILES string of the molecule is NS(=O)(=O)c1ccc(CCNC(=O)C=Cc2cccs2)cc1. The van der Waals surface area contributed by atoms with Crippen LogP contribution in [-0.2, 0) is 21.2 Å². The molecule has 0 saturated heterocycles. The van der Waals surface area contributed by atoms with Crippen molar-refractivity contribution in [1.29, 1.82) is 0 Å². The van der Waals surface area contributed by atoms with E-state index in [4.69, 9.17) is 5.14 Å². The van der Waals surface area contributed by atoms with Gasteiger partial charge < -0.3 is 5.32 Å². The molecule has 0 saturated carbocycles. The number of nitrogens with two attached hydrogens (primary N) is 1. The Morgan fingerprint density at radius 2 is 1.95 bits per heavy atom. The maximum atomic E-state index is 11.6. The van der Waals surface area contributed by atoms with Gasteiger partial charge in [0.25, 0.3) is 0 Å². The summed E-state index contributed by atoms with van der Waals surface area (Å²) in [6.45, 7) is 0.475. The Kier molecular flexibility index (Phi) is 5.48. The molecule has 3 N–H and O–H groups in total. The molecular formula is C15H16N2O3S2. The Hall–Kier alpha value is -1.96. The average molecular weight is 336 g/mol. The van der Waals surface area contributed by atoms with Crippen molar-refractivity contribution < 1.29 is 13.2 Å². The van der Waals surface area contributed by atoms with E-state index in [-0.39, 0.29) is 10.8 Å². The number of nitrogens with one attached hydrogen (secondary N) is 1. The monoisotopic (exact) mass is 336 g/mol. The van der Waals surface area contributed by atoms with Crippen LogP contribution in [0.15, 0.2) is 52.7 Å². The fourth-order valence-corrected chi connectivity index (χ4v) is 2.91. The van der Waals surface area contributed by atoms with Gasteiger partial charge in [0.15, 0.2) is 0 Å². The highest BCUT2D eigenvalue weighted by molar-refractivity contribution is 7.89. The number of carbonyl (C=O) groups is 1. The highest BCUT2D eigenvalue weighted by Crippen LogP contribution is 2.10. The minimum absolute atomic E-state index is 0.0826. The van der Waals surface area contributed by atoms with Gasteiger partial charge in [0, 0.05) is 17.5 Å². The lowest BCUT2D eigenvalue weighted by molar-refractivity contribution is -0.116. The van der Waals surface area contributed by atoms with E-state index < -0.39 is 10.0 Å². The van der Waals surface area contributed by atoms with Crippen molar-refractivity contribution in [2.75, 3.05) is 6.54 Å². The average Bonchev–Trinajstić information content (AvgIpc) is 2.98. The topological polar surface area (TPSA) is 89.3 Å². The van der Waals surface area contributed by atoms with Crippen molar-refractivity contribution in [3.8, 4) is 0 Å². The largest absolute Gasteiger partial charge is 0.352 e. The maximum absolute atomic E-state index is 11.6. The highest BCUT2D eigenvalue weighted by atomic mass is 32.2. The summed E-state index contributed by atoms with van der Waals surface area (Å²) in [5.41, 5.74) is 0.926. The molecule has 7 heteroatoms. The lowest BCUT2D eigenvalue weighted by Crippen LogP contribution is -2.23. The van der Waals surface area contributed by atoms with Crippen LogP contribution in [0.2, 0.25) is 0 Å². The molecule has 1 aromatic heterocycles. The van der Waals surface area contributed by atoms with Crippen LogP contribution in [0, 0.1) is 0 Å². The predicted molar refractivity (Wildman–Crippen MR) is 87.9 cm³/mol. The van der Waals surface area contributed by atoms with Gasteiger partial charge in [-0.3, -0.25) is 4.79 Å². The van der Waals surface area contributed by atoms with Crippen LogP contribution in [0.1, 0.15) is 10.4 Å². The number of hydrogen-bond donors (Lipinski definition) is 2. The van der Waals surface area contributed by atoms with E-state index in [2.05, 4.69) is 5.32 Å². The van der Waals surface area contributed by atoms with E-state index in [1.54, 1.807) is 29.5 Å². The van der Waals surface area contributed by atoms with Crippen molar-refractivity contribution in [3.05, 3.63) is 58.3 Å². The summed E-state index contributed by atoms with van der Waals surface area (Å²) in [5, 5.41) is 9.75. The molecule has 0 fully saturated rings. The third kappa shape index (κ3) is 5.10. The van der Waals surface area contributed by atoms with Crippen LogP contribution >= 0.6 is 11.3 Å². The molecule has 0 aliphatic rings. The molecule has 0 spiro atoms. The fourth-order valence-electron chi connectivity index (χ4n) is 1.78. The molecule has 0 atom stereocenters. The predicted octanol–water partition coefficient (Wildman–Crippen LogP) is 1.77. The fraction of sp³-hybridized carbons (Fsp3) is 0.133. The van der Waals surface area contributed by atoms with E-state index in [1.165, 1.54) is 18.2 Å². The third-order valence-corrected chi connectivity index (χ3v) is 4.67. The van der Waals surface area contributed by atoms with Gasteiger partial charge in [-0.15, -0.1) is 11.3 Å². The molecule has 2 aromatic rings. The van der Waals surface area contributed by atoms with Crippen molar-refractivity contribution in [2.45, 2.75) is 11.3 Å². The number of hydrogen-bond acceptors (Lipinski definition) is 4. The zero-order valence-electron chi connectivity index (χ0n) is 11.7. The second-order valence-corrected chi connectivity index (χ2v) is 7.12. The molecule has 0 aliphatic carbocycles. The summed E-state index contributed by atoms with van der Waals surface area (Å²) in [6.07, 6.45) is 3.88. The first-order valence-electron chi connectivity index (χ1n) is 6.56. The molecule has 0 unspecified atom stereocenters.